The lowest BCUT2D eigenvalue weighted by atomic mass is 10.0. The lowest BCUT2D eigenvalue weighted by molar-refractivity contribution is -0.172. The number of hydrogen-bond donors (Lipinski definition) is 0. The van der Waals surface area contributed by atoms with Crippen molar-refractivity contribution in [3.8, 4) is 0 Å². The molecule has 34 heavy (non-hydrogen) atoms. The Hall–Kier alpha value is -3.52. The molecule has 4 rings (SSSR count). The molecule has 0 atom stereocenters. The molecule has 0 saturated carbocycles. The van der Waals surface area contributed by atoms with Crippen molar-refractivity contribution in [2.24, 2.45) is 0 Å². The van der Waals surface area contributed by atoms with Crippen LogP contribution in [0.25, 0.3) is 5.57 Å². The quantitative estimate of drug-likeness (QED) is 0.479. The van der Waals surface area contributed by atoms with Gasteiger partial charge in [-0.05, 0) is 43.2 Å². The summed E-state index contributed by atoms with van der Waals surface area (Å²) in [5, 5.41) is 0. The van der Waals surface area contributed by atoms with Gasteiger partial charge in [-0.3, -0.25) is 4.31 Å². The van der Waals surface area contributed by atoms with E-state index in [0.717, 1.165) is 21.5 Å². The number of alkyl halides is 2. The zero-order valence-corrected chi connectivity index (χ0v) is 19.5. The minimum Gasteiger partial charge on any atom is -0.456 e. The van der Waals surface area contributed by atoms with Crippen molar-refractivity contribution in [1.29, 1.82) is 0 Å². The molecular weight excluding hydrogens is 460 g/mol. The normalized spacial score (nSPS) is 17.8. The van der Waals surface area contributed by atoms with Crippen molar-refractivity contribution in [2.45, 2.75) is 24.7 Å². The van der Waals surface area contributed by atoms with E-state index < -0.39 is 34.1 Å². The molecule has 0 bridgehead atoms. The molecule has 0 fully saturated rings. The maximum atomic E-state index is 15.2. The van der Waals surface area contributed by atoms with Crippen LogP contribution in [-0.2, 0) is 25.5 Å². The Bertz CT molecular complexity index is 1350. The molecule has 1 aliphatic heterocycles. The maximum absolute atomic E-state index is 15.2. The number of nitrogens with zero attached hydrogens (tertiary/aromatic N) is 1. The van der Waals surface area contributed by atoms with Crippen molar-refractivity contribution < 1.29 is 26.7 Å². The standard InChI is InChI=1S/C26H23F2NO4S/c1-18-7-11-20(12-8-18)21-15-16-29(34(31,32)22-13-9-19(2)10-14-22)24-6-4-3-5-23(24)26(27,28)25(30)33-17-21/h3-15H,16-17H2,1-2H3/b21-15+. The SMILES string of the molecule is Cc1ccc(/C2=C/CN(S(=O)(=O)c3ccc(C)cc3)c3ccccc3C(F)(F)C(=O)OC2)cc1. The summed E-state index contributed by atoms with van der Waals surface area (Å²) in [5.41, 5.74) is 1.89. The van der Waals surface area contributed by atoms with Gasteiger partial charge < -0.3 is 4.74 Å². The number of fused-ring (bicyclic) bond motifs is 1. The third-order valence-corrected chi connectivity index (χ3v) is 7.45. The molecule has 176 valence electrons. The molecule has 0 spiro atoms. The zero-order chi connectivity index (χ0) is 24.5. The van der Waals surface area contributed by atoms with E-state index in [1.54, 1.807) is 30.3 Å². The van der Waals surface area contributed by atoms with E-state index in [9.17, 15) is 13.2 Å². The number of aryl methyl sites for hydroxylation is 2. The van der Waals surface area contributed by atoms with E-state index in [4.69, 9.17) is 4.74 Å². The smallest absolute Gasteiger partial charge is 0.382 e. The van der Waals surface area contributed by atoms with Crippen molar-refractivity contribution in [3.63, 3.8) is 0 Å². The van der Waals surface area contributed by atoms with Gasteiger partial charge in [0.05, 0.1) is 22.7 Å². The number of benzene rings is 3. The number of ether oxygens (including phenoxy) is 1. The van der Waals surface area contributed by atoms with Gasteiger partial charge in [0.15, 0.2) is 0 Å². The summed E-state index contributed by atoms with van der Waals surface area (Å²) in [7, 11) is -4.24. The first-order valence-electron chi connectivity index (χ1n) is 10.6. The monoisotopic (exact) mass is 483 g/mol. The Morgan fingerprint density at radius 2 is 1.47 bits per heavy atom. The van der Waals surface area contributed by atoms with Crippen LogP contribution in [0.3, 0.4) is 0 Å². The molecule has 1 aliphatic rings. The summed E-state index contributed by atoms with van der Waals surface area (Å²) in [6.45, 7) is 3.07. The number of halogens is 2. The first-order chi connectivity index (χ1) is 16.1. The topological polar surface area (TPSA) is 63.7 Å². The predicted molar refractivity (Wildman–Crippen MR) is 126 cm³/mol. The molecule has 0 saturated heterocycles. The van der Waals surface area contributed by atoms with E-state index in [1.807, 2.05) is 26.0 Å². The van der Waals surface area contributed by atoms with Crippen LogP contribution in [0.4, 0.5) is 14.5 Å². The molecule has 0 aromatic heterocycles. The Morgan fingerprint density at radius 1 is 0.882 bits per heavy atom. The molecule has 5 nitrogen and oxygen atoms in total. The fourth-order valence-corrected chi connectivity index (χ4v) is 5.11. The van der Waals surface area contributed by atoms with Gasteiger partial charge in [0.2, 0.25) is 0 Å². The van der Waals surface area contributed by atoms with Gasteiger partial charge in [-0.15, -0.1) is 0 Å². The molecule has 3 aromatic carbocycles. The largest absolute Gasteiger partial charge is 0.456 e. The van der Waals surface area contributed by atoms with Gasteiger partial charge in [0, 0.05) is 0 Å². The van der Waals surface area contributed by atoms with Gasteiger partial charge in [-0.2, -0.15) is 8.78 Å². The number of carbonyl (C=O) groups is 1. The third-order valence-electron chi connectivity index (χ3n) is 5.66. The Kier molecular flexibility index (Phi) is 6.27. The molecule has 3 aromatic rings. The molecule has 8 heteroatoms. The third kappa shape index (κ3) is 4.46. The predicted octanol–water partition coefficient (Wildman–Crippen LogP) is 5.23. The van der Waals surface area contributed by atoms with Crippen molar-refractivity contribution >= 4 is 27.3 Å². The van der Waals surface area contributed by atoms with Crippen LogP contribution in [0.15, 0.2) is 83.8 Å². The maximum Gasteiger partial charge on any atom is 0.382 e. The average Bonchev–Trinajstić information content (AvgIpc) is 2.81. The molecule has 0 amide bonds. The highest BCUT2D eigenvalue weighted by molar-refractivity contribution is 7.92. The van der Waals surface area contributed by atoms with Crippen LogP contribution in [0.2, 0.25) is 0 Å². The Morgan fingerprint density at radius 3 is 2.12 bits per heavy atom. The molecule has 0 unspecified atom stereocenters. The van der Waals surface area contributed by atoms with Crippen LogP contribution in [0.1, 0.15) is 22.3 Å². The summed E-state index contributed by atoms with van der Waals surface area (Å²) < 4.78 is 63.6. The lowest BCUT2D eigenvalue weighted by Gasteiger charge is -2.29. The van der Waals surface area contributed by atoms with Gasteiger partial charge in [-0.1, -0.05) is 71.8 Å². The minimum absolute atomic E-state index is 0.0406. The number of esters is 1. The van der Waals surface area contributed by atoms with E-state index in [0.29, 0.717) is 11.1 Å². The summed E-state index contributed by atoms with van der Waals surface area (Å²) in [5.74, 6) is -5.79. The first kappa shape index (κ1) is 23.6. The van der Waals surface area contributed by atoms with Gasteiger partial charge in [-0.25, -0.2) is 13.2 Å². The number of sulfonamides is 1. The van der Waals surface area contributed by atoms with Crippen LogP contribution in [0, 0.1) is 13.8 Å². The summed E-state index contributed by atoms with van der Waals surface area (Å²) >= 11 is 0. The molecule has 0 radical (unpaired) electrons. The fourth-order valence-electron chi connectivity index (χ4n) is 3.68. The second kappa shape index (κ2) is 9.02. The summed E-state index contributed by atoms with van der Waals surface area (Å²) in [6, 6.07) is 18.4. The fraction of sp³-hybridized carbons (Fsp3) is 0.192. The highest BCUT2D eigenvalue weighted by Gasteiger charge is 2.46. The molecule has 0 N–H and O–H groups in total. The van der Waals surface area contributed by atoms with Gasteiger partial charge in [0.25, 0.3) is 10.0 Å². The van der Waals surface area contributed by atoms with E-state index >= 15 is 8.78 Å². The van der Waals surface area contributed by atoms with Crippen molar-refractivity contribution in [1.82, 2.24) is 0 Å². The molecule has 0 aliphatic carbocycles. The number of anilines is 1. The number of cyclic esters (lactones) is 1. The van der Waals surface area contributed by atoms with Gasteiger partial charge in [0.1, 0.15) is 6.61 Å². The Labute approximate surface area is 197 Å². The second-order valence-corrected chi connectivity index (χ2v) is 9.97. The van der Waals surface area contributed by atoms with E-state index in [1.165, 1.54) is 30.3 Å². The van der Waals surface area contributed by atoms with Crippen LogP contribution in [-0.4, -0.2) is 27.5 Å². The van der Waals surface area contributed by atoms with Crippen LogP contribution >= 0.6 is 0 Å². The first-order valence-corrected chi connectivity index (χ1v) is 12.0. The highest BCUT2D eigenvalue weighted by atomic mass is 32.2. The number of para-hydroxylation sites is 1. The average molecular weight is 484 g/mol. The van der Waals surface area contributed by atoms with Crippen LogP contribution in [0.5, 0.6) is 0 Å². The molecular formula is C26H23F2NO4S. The van der Waals surface area contributed by atoms with Gasteiger partial charge >= 0.3 is 11.9 Å². The second-order valence-electron chi connectivity index (χ2n) is 8.11. The van der Waals surface area contributed by atoms with Crippen LogP contribution < -0.4 is 4.31 Å². The number of carbonyl (C=O) groups excluding carboxylic acids is 1. The number of hydrogen-bond acceptors (Lipinski definition) is 4. The Balaban J connectivity index is 1.91. The molecule has 1 heterocycles. The van der Waals surface area contributed by atoms with Crippen molar-refractivity contribution in [2.75, 3.05) is 17.5 Å². The van der Waals surface area contributed by atoms with E-state index in [-0.39, 0.29) is 17.1 Å². The minimum atomic E-state index is -4.24. The summed E-state index contributed by atoms with van der Waals surface area (Å²) in [4.78, 5) is 12.4. The van der Waals surface area contributed by atoms with E-state index in [2.05, 4.69) is 0 Å². The van der Waals surface area contributed by atoms with Crippen molar-refractivity contribution in [3.05, 3.63) is 101 Å². The zero-order valence-electron chi connectivity index (χ0n) is 18.7. The number of rotatable bonds is 3. The summed E-state index contributed by atoms with van der Waals surface area (Å²) in [6.07, 6.45) is 1.59. The lowest BCUT2D eigenvalue weighted by Crippen LogP contribution is -2.37. The highest BCUT2D eigenvalue weighted by Crippen LogP contribution is 2.39.